The molecule has 1 N–H and O–H groups in total. The summed E-state index contributed by atoms with van der Waals surface area (Å²) in [7, 11) is 0. The number of nitrogens with zero attached hydrogens (tertiary/aromatic N) is 5. The second kappa shape index (κ2) is 4.68. The van der Waals surface area contributed by atoms with E-state index in [0.717, 1.165) is 16.9 Å². The molecule has 1 aliphatic rings. The van der Waals surface area contributed by atoms with Crippen molar-refractivity contribution >= 4 is 22.8 Å². The molecule has 3 heterocycles. The van der Waals surface area contributed by atoms with Crippen LogP contribution in [0, 0.1) is 5.92 Å². The van der Waals surface area contributed by atoms with E-state index in [9.17, 15) is 4.79 Å². The third kappa shape index (κ3) is 2.32. The van der Waals surface area contributed by atoms with E-state index in [1.165, 1.54) is 6.33 Å². The molecule has 1 fully saturated rings. The van der Waals surface area contributed by atoms with Crippen LogP contribution in [0.1, 0.15) is 27.2 Å². The molecule has 0 aromatic carbocycles. The third-order valence-corrected chi connectivity index (χ3v) is 3.82. The molecule has 0 amide bonds. The molecule has 0 bridgehead atoms. The summed E-state index contributed by atoms with van der Waals surface area (Å²) in [4.78, 5) is 21.8. The molecule has 1 unspecified atom stereocenters. The Bertz CT molecular complexity index is 688. The van der Waals surface area contributed by atoms with Gasteiger partial charge in [0.15, 0.2) is 5.65 Å². The van der Waals surface area contributed by atoms with E-state index in [1.54, 1.807) is 6.20 Å². The molecule has 7 nitrogen and oxygen atoms in total. The Hall–Kier alpha value is -2.18. The van der Waals surface area contributed by atoms with Crippen LogP contribution in [0.4, 0.5) is 5.82 Å². The Labute approximate surface area is 122 Å². The van der Waals surface area contributed by atoms with E-state index in [1.807, 2.05) is 9.58 Å². The lowest BCUT2D eigenvalue weighted by Gasteiger charge is -2.21. The zero-order chi connectivity index (χ0) is 15.2. The van der Waals surface area contributed by atoms with E-state index in [4.69, 9.17) is 5.11 Å². The van der Waals surface area contributed by atoms with Gasteiger partial charge < -0.3 is 10.0 Å². The number of carbonyl (C=O) groups is 1. The van der Waals surface area contributed by atoms with Crippen molar-refractivity contribution in [3.05, 3.63) is 12.5 Å². The molecule has 0 spiro atoms. The smallest absolute Gasteiger partial charge is 0.308 e. The van der Waals surface area contributed by atoms with Crippen molar-refractivity contribution in [1.82, 2.24) is 19.7 Å². The Balaban J connectivity index is 2.01. The molecule has 112 valence electrons. The highest BCUT2D eigenvalue weighted by Gasteiger charge is 2.30. The molecule has 1 saturated heterocycles. The highest BCUT2D eigenvalue weighted by molar-refractivity contribution is 5.87. The lowest BCUT2D eigenvalue weighted by molar-refractivity contribution is -0.140. The van der Waals surface area contributed by atoms with E-state index < -0.39 is 5.97 Å². The minimum absolute atomic E-state index is 0.165. The molecule has 0 radical (unpaired) electrons. The molecular weight excluding hydrogens is 270 g/mol. The van der Waals surface area contributed by atoms with E-state index in [0.29, 0.717) is 19.5 Å². The van der Waals surface area contributed by atoms with Gasteiger partial charge >= 0.3 is 5.97 Å². The van der Waals surface area contributed by atoms with Gasteiger partial charge in [0.2, 0.25) is 0 Å². The van der Waals surface area contributed by atoms with Crippen molar-refractivity contribution in [1.29, 1.82) is 0 Å². The fourth-order valence-corrected chi connectivity index (χ4v) is 2.73. The number of rotatable bonds is 2. The molecule has 2 aromatic rings. The van der Waals surface area contributed by atoms with Gasteiger partial charge in [-0.1, -0.05) is 0 Å². The highest BCUT2D eigenvalue weighted by atomic mass is 16.4. The summed E-state index contributed by atoms with van der Waals surface area (Å²) in [5.74, 6) is -0.292. The average Bonchev–Trinajstić information content (AvgIpc) is 3.04. The second-order valence-electron chi connectivity index (χ2n) is 6.43. The summed E-state index contributed by atoms with van der Waals surface area (Å²) < 4.78 is 1.87. The summed E-state index contributed by atoms with van der Waals surface area (Å²) in [6.07, 6.45) is 3.94. The van der Waals surface area contributed by atoms with Crippen molar-refractivity contribution in [2.24, 2.45) is 5.92 Å². The molecule has 7 heteroatoms. The number of hydrogen-bond acceptors (Lipinski definition) is 5. The average molecular weight is 289 g/mol. The Kier molecular flexibility index (Phi) is 3.07. The number of anilines is 1. The molecule has 21 heavy (non-hydrogen) atoms. The summed E-state index contributed by atoms with van der Waals surface area (Å²) in [6, 6.07) is 0. The highest BCUT2D eigenvalue weighted by Crippen LogP contribution is 2.29. The zero-order valence-electron chi connectivity index (χ0n) is 12.4. The molecule has 0 aliphatic carbocycles. The lowest BCUT2D eigenvalue weighted by Crippen LogP contribution is -2.25. The minimum Gasteiger partial charge on any atom is -0.481 e. The zero-order valence-corrected chi connectivity index (χ0v) is 12.4. The quantitative estimate of drug-likeness (QED) is 0.901. The van der Waals surface area contributed by atoms with Crippen molar-refractivity contribution in [3.63, 3.8) is 0 Å². The Morgan fingerprint density at radius 3 is 2.76 bits per heavy atom. The maximum atomic E-state index is 11.1. The number of aliphatic carboxylic acids is 1. The maximum Gasteiger partial charge on any atom is 0.308 e. The van der Waals surface area contributed by atoms with Gasteiger partial charge in [-0.15, -0.1) is 0 Å². The Morgan fingerprint density at radius 1 is 1.38 bits per heavy atom. The summed E-state index contributed by atoms with van der Waals surface area (Å²) in [5, 5.41) is 14.4. The standard InChI is InChI=1S/C14H19N5O2/c1-14(2,3)19-12-10(6-17-19)11(15-8-16-12)18-5-4-9(7-18)13(20)21/h6,8-9H,4-5,7H2,1-3H3,(H,20,21). The normalized spacial score (nSPS) is 19.4. The predicted molar refractivity (Wildman–Crippen MR) is 78.3 cm³/mol. The first kappa shape index (κ1) is 13.8. The number of fused-ring (bicyclic) bond motifs is 1. The van der Waals surface area contributed by atoms with Crippen LogP contribution >= 0.6 is 0 Å². The first-order chi connectivity index (χ1) is 9.88. The predicted octanol–water partition coefficient (Wildman–Crippen LogP) is 1.49. The van der Waals surface area contributed by atoms with Crippen LogP contribution in [0.25, 0.3) is 11.0 Å². The van der Waals surface area contributed by atoms with Crippen LogP contribution in [0.3, 0.4) is 0 Å². The van der Waals surface area contributed by atoms with Crippen LogP contribution in [-0.2, 0) is 10.3 Å². The minimum atomic E-state index is -0.742. The van der Waals surface area contributed by atoms with Gasteiger partial charge in [0.05, 0.1) is 23.0 Å². The SMILES string of the molecule is CC(C)(C)n1ncc2c(N3CCC(C(=O)O)C3)ncnc21. The molecule has 1 aliphatic heterocycles. The van der Waals surface area contributed by atoms with E-state index >= 15 is 0 Å². The van der Waals surface area contributed by atoms with Gasteiger partial charge in [0, 0.05) is 13.1 Å². The van der Waals surface area contributed by atoms with Crippen LogP contribution in [-0.4, -0.2) is 43.9 Å². The largest absolute Gasteiger partial charge is 0.481 e. The van der Waals surface area contributed by atoms with Crippen molar-refractivity contribution < 1.29 is 9.90 Å². The van der Waals surface area contributed by atoms with Gasteiger partial charge in [0.25, 0.3) is 0 Å². The first-order valence-electron chi connectivity index (χ1n) is 7.05. The van der Waals surface area contributed by atoms with Crippen LogP contribution in [0.2, 0.25) is 0 Å². The van der Waals surface area contributed by atoms with Gasteiger partial charge in [-0.3, -0.25) is 4.79 Å². The number of carboxylic acid groups (broad SMARTS) is 1. The summed E-state index contributed by atoms with van der Waals surface area (Å²) in [5.41, 5.74) is 0.619. The van der Waals surface area contributed by atoms with Crippen molar-refractivity contribution in [2.45, 2.75) is 32.7 Å². The third-order valence-electron chi connectivity index (χ3n) is 3.82. The number of hydrogen-bond donors (Lipinski definition) is 1. The molecule has 2 aromatic heterocycles. The number of aromatic nitrogens is 4. The van der Waals surface area contributed by atoms with Gasteiger partial charge in [-0.05, 0) is 27.2 Å². The van der Waals surface area contributed by atoms with Crippen molar-refractivity contribution in [2.75, 3.05) is 18.0 Å². The Morgan fingerprint density at radius 2 is 2.14 bits per heavy atom. The lowest BCUT2D eigenvalue weighted by atomic mass is 10.1. The molecule has 3 rings (SSSR count). The summed E-state index contributed by atoms with van der Waals surface area (Å²) in [6.45, 7) is 7.39. The first-order valence-corrected chi connectivity index (χ1v) is 7.05. The van der Waals surface area contributed by atoms with Gasteiger partial charge in [-0.25, -0.2) is 14.6 Å². The monoisotopic (exact) mass is 289 g/mol. The maximum absolute atomic E-state index is 11.1. The van der Waals surface area contributed by atoms with Gasteiger partial charge in [0.1, 0.15) is 12.1 Å². The number of carboxylic acids is 1. The fourth-order valence-electron chi connectivity index (χ4n) is 2.73. The van der Waals surface area contributed by atoms with E-state index in [2.05, 4.69) is 35.8 Å². The molecule has 1 atom stereocenters. The van der Waals surface area contributed by atoms with Crippen LogP contribution in [0.5, 0.6) is 0 Å². The van der Waals surface area contributed by atoms with Crippen LogP contribution < -0.4 is 4.90 Å². The topological polar surface area (TPSA) is 84.1 Å². The van der Waals surface area contributed by atoms with Crippen molar-refractivity contribution in [3.8, 4) is 0 Å². The van der Waals surface area contributed by atoms with Crippen LogP contribution in [0.15, 0.2) is 12.5 Å². The fraction of sp³-hybridized carbons (Fsp3) is 0.571. The molecular formula is C14H19N5O2. The second-order valence-corrected chi connectivity index (χ2v) is 6.43. The van der Waals surface area contributed by atoms with Gasteiger partial charge in [-0.2, -0.15) is 5.10 Å². The summed E-state index contributed by atoms with van der Waals surface area (Å²) >= 11 is 0. The molecule has 0 saturated carbocycles. The van der Waals surface area contributed by atoms with E-state index in [-0.39, 0.29) is 11.5 Å².